The van der Waals surface area contributed by atoms with E-state index in [9.17, 15) is 19.8 Å². The van der Waals surface area contributed by atoms with Gasteiger partial charge in [0.1, 0.15) is 17.5 Å². The highest BCUT2D eigenvalue weighted by Crippen LogP contribution is 2.62. The molecule has 3 aromatic carbocycles. The molecule has 8 rings (SSSR count). The van der Waals surface area contributed by atoms with Crippen molar-refractivity contribution in [1.82, 2.24) is 10.2 Å². The van der Waals surface area contributed by atoms with E-state index in [-0.39, 0.29) is 70.5 Å². The van der Waals surface area contributed by atoms with Crippen LogP contribution < -0.4 is 24.3 Å². The van der Waals surface area contributed by atoms with Crippen LogP contribution in [0.2, 0.25) is 0 Å². The zero-order valence-corrected chi connectivity index (χ0v) is 38.8. The van der Waals surface area contributed by atoms with Crippen LogP contribution in [0.25, 0.3) is 0 Å². The van der Waals surface area contributed by atoms with E-state index >= 15 is 0 Å². The van der Waals surface area contributed by atoms with E-state index in [2.05, 4.69) is 24.6 Å². The van der Waals surface area contributed by atoms with E-state index in [1.165, 1.54) is 0 Å². The standard InChI is InChI=1S/C53H65N3O12/c1-3-5-27-62-52(60)56(34-37-20-22-45-46(29-37)64-35-63-45)47-32-43(55-68-48-19-11-14-28-61-48)41-30-38(17-9-12-24-57)40(18-10-13-25-58)49-42-31-39(66-51(59)54-33-36-15-7-6-8-16-36)21-23-44(42)67-53(47,50(41)49)65-26-4-2/h3-4,6-8,15-16,20-23,29-31,38,40,47-50,57-58H,1-2,5,9-14,17-19,24-28,32-35H2,(H,54,59). The van der Waals surface area contributed by atoms with E-state index in [1.807, 2.05) is 60.7 Å². The highest BCUT2D eigenvalue weighted by atomic mass is 16.8. The minimum atomic E-state index is -1.56. The number of hydrogen-bond donors (Lipinski definition) is 3. The van der Waals surface area contributed by atoms with Crippen molar-refractivity contribution >= 4 is 17.9 Å². The molecule has 3 heterocycles. The summed E-state index contributed by atoms with van der Waals surface area (Å²) in [5.74, 6) is -0.597. The first kappa shape index (κ1) is 48.6. The van der Waals surface area contributed by atoms with Gasteiger partial charge in [0, 0.05) is 50.6 Å². The zero-order valence-electron chi connectivity index (χ0n) is 38.8. The number of aliphatic hydroxyl groups is 2. The second-order valence-corrected chi connectivity index (χ2v) is 17.9. The number of unbranched alkanes of at least 4 members (excludes halogenated alkanes) is 2. The normalized spacial score (nSPS) is 24.9. The van der Waals surface area contributed by atoms with Gasteiger partial charge >= 0.3 is 12.2 Å². The number of nitrogens with zero attached hydrogens (tertiary/aromatic N) is 2. The lowest BCUT2D eigenvalue weighted by Crippen LogP contribution is -2.70. The van der Waals surface area contributed by atoms with Gasteiger partial charge in [0.15, 0.2) is 11.5 Å². The molecule has 15 heteroatoms. The Hall–Kier alpha value is -5.87. The molecular weight excluding hydrogens is 871 g/mol. The summed E-state index contributed by atoms with van der Waals surface area (Å²) >= 11 is 0. The summed E-state index contributed by atoms with van der Waals surface area (Å²) in [6.45, 7) is 9.19. The Bertz CT molecular complexity index is 2260. The molecular formula is C53H65N3O12. The van der Waals surface area contributed by atoms with E-state index in [0.717, 1.165) is 60.8 Å². The largest absolute Gasteiger partial charge is 0.459 e. The molecule has 0 aromatic heterocycles. The van der Waals surface area contributed by atoms with Crippen molar-refractivity contribution in [3.05, 3.63) is 120 Å². The lowest BCUT2D eigenvalue weighted by Gasteiger charge is -2.59. The van der Waals surface area contributed by atoms with Gasteiger partial charge in [-0.05, 0) is 104 Å². The first-order chi connectivity index (χ1) is 33.3. The third kappa shape index (κ3) is 11.2. The molecule has 3 N–H and O–H groups in total. The number of aliphatic hydroxyl groups excluding tert-OH is 2. The third-order valence-corrected chi connectivity index (χ3v) is 13.5. The Labute approximate surface area is 398 Å². The Morgan fingerprint density at radius 3 is 2.50 bits per heavy atom. The molecule has 0 spiro atoms. The van der Waals surface area contributed by atoms with Crippen LogP contribution in [0.5, 0.6) is 23.0 Å². The maximum Gasteiger partial charge on any atom is 0.412 e. The SMILES string of the molecule is C=CCCOC(=O)N(Cc1ccc2c(c1)OCO2)C1CC(=NOC2CCCCO2)C2=CC(CCCCO)C(CCCCO)C3c4cc(OC(=O)NCc5ccccc5)ccc4OC1(OCC=C)C23. The van der Waals surface area contributed by atoms with Crippen molar-refractivity contribution < 1.29 is 57.8 Å². The van der Waals surface area contributed by atoms with Crippen LogP contribution >= 0.6 is 0 Å². The number of rotatable bonds is 22. The van der Waals surface area contributed by atoms with E-state index in [1.54, 1.807) is 23.1 Å². The van der Waals surface area contributed by atoms with Gasteiger partial charge in [-0.25, -0.2) is 9.59 Å². The number of ether oxygens (including phenoxy) is 7. The van der Waals surface area contributed by atoms with E-state index < -0.39 is 36.2 Å². The van der Waals surface area contributed by atoms with Crippen LogP contribution in [-0.2, 0) is 32.1 Å². The molecule has 1 saturated heterocycles. The summed E-state index contributed by atoms with van der Waals surface area (Å²) in [6, 6.07) is 19.7. The fraction of sp³-hybridized carbons (Fsp3) is 0.491. The maximum atomic E-state index is 14.9. The second-order valence-electron chi connectivity index (χ2n) is 17.9. The van der Waals surface area contributed by atoms with Gasteiger partial charge in [-0.1, -0.05) is 72.6 Å². The topological polar surface area (TPSA) is 176 Å². The van der Waals surface area contributed by atoms with Crippen molar-refractivity contribution in [3.63, 3.8) is 0 Å². The van der Waals surface area contributed by atoms with Crippen LogP contribution in [-0.4, -0.2) is 91.0 Å². The monoisotopic (exact) mass is 935 g/mol. The van der Waals surface area contributed by atoms with Crippen molar-refractivity contribution in [2.45, 2.75) is 108 Å². The van der Waals surface area contributed by atoms with Crippen LogP contribution in [0, 0.1) is 17.8 Å². The van der Waals surface area contributed by atoms with E-state index in [4.69, 9.17) is 43.2 Å². The lowest BCUT2D eigenvalue weighted by molar-refractivity contribution is -0.256. The first-order valence-corrected chi connectivity index (χ1v) is 24.1. The molecule has 7 atom stereocenters. The highest BCUT2D eigenvalue weighted by Gasteiger charge is 2.66. The number of nitrogens with one attached hydrogen (secondary N) is 1. The molecule has 0 bridgehead atoms. The number of benzene rings is 3. The summed E-state index contributed by atoms with van der Waals surface area (Å²) < 4.78 is 44.0. The smallest absolute Gasteiger partial charge is 0.412 e. The van der Waals surface area contributed by atoms with Gasteiger partial charge in [0.05, 0.1) is 31.5 Å². The maximum absolute atomic E-state index is 14.9. The number of hydrogen-bond acceptors (Lipinski definition) is 13. The van der Waals surface area contributed by atoms with Gasteiger partial charge in [-0.2, -0.15) is 0 Å². The molecule has 2 amide bonds. The van der Waals surface area contributed by atoms with Crippen molar-refractivity contribution in [2.75, 3.05) is 39.8 Å². The van der Waals surface area contributed by atoms with Crippen molar-refractivity contribution in [3.8, 4) is 23.0 Å². The summed E-state index contributed by atoms with van der Waals surface area (Å²) in [5, 5.41) is 27.9. The van der Waals surface area contributed by atoms with Crippen LogP contribution in [0.15, 0.2) is 109 Å². The molecule has 5 aliphatic rings. The Kier molecular flexibility index (Phi) is 16.7. The number of amides is 2. The molecule has 364 valence electrons. The number of carbonyl (C=O) groups excluding carboxylic acids is 2. The zero-order chi connectivity index (χ0) is 47.3. The molecule has 0 radical (unpaired) electrons. The average molecular weight is 936 g/mol. The number of carbonyl (C=O) groups is 2. The third-order valence-electron chi connectivity index (χ3n) is 13.5. The summed E-state index contributed by atoms with van der Waals surface area (Å²) in [4.78, 5) is 36.2. The first-order valence-electron chi connectivity index (χ1n) is 24.1. The minimum absolute atomic E-state index is 0.0143. The van der Waals surface area contributed by atoms with Crippen molar-refractivity contribution in [2.24, 2.45) is 22.9 Å². The lowest BCUT2D eigenvalue weighted by atomic mass is 9.55. The van der Waals surface area contributed by atoms with Crippen LogP contribution in [0.3, 0.4) is 0 Å². The summed E-state index contributed by atoms with van der Waals surface area (Å²) in [5.41, 5.74) is 3.97. The summed E-state index contributed by atoms with van der Waals surface area (Å²) in [7, 11) is 0. The van der Waals surface area contributed by atoms with Gasteiger partial charge < -0.3 is 53.5 Å². The quantitative estimate of drug-likeness (QED) is 0.0496. The van der Waals surface area contributed by atoms with Gasteiger partial charge in [0.2, 0.25) is 18.9 Å². The molecule has 15 nitrogen and oxygen atoms in total. The molecule has 3 aromatic rings. The number of fused-ring (bicyclic) bond motifs is 3. The van der Waals surface area contributed by atoms with Crippen LogP contribution in [0.1, 0.15) is 93.2 Å². The molecule has 2 aliphatic carbocycles. The average Bonchev–Trinajstić information content (AvgIpc) is 3.84. The Morgan fingerprint density at radius 1 is 0.912 bits per heavy atom. The fourth-order valence-corrected chi connectivity index (χ4v) is 10.4. The van der Waals surface area contributed by atoms with Gasteiger partial charge in [0.25, 0.3) is 0 Å². The van der Waals surface area contributed by atoms with Crippen molar-refractivity contribution in [1.29, 1.82) is 0 Å². The highest BCUT2D eigenvalue weighted by molar-refractivity contribution is 6.03. The Balaban J connectivity index is 1.29. The second kappa shape index (κ2) is 23.4. The molecule has 2 fully saturated rings. The predicted molar refractivity (Wildman–Crippen MR) is 253 cm³/mol. The van der Waals surface area contributed by atoms with Gasteiger partial charge in [-0.15, -0.1) is 13.2 Å². The summed E-state index contributed by atoms with van der Waals surface area (Å²) in [6.07, 6.45) is 11.3. The molecule has 7 unspecified atom stereocenters. The minimum Gasteiger partial charge on any atom is -0.459 e. The van der Waals surface area contributed by atoms with E-state index in [0.29, 0.717) is 61.0 Å². The molecule has 3 aliphatic heterocycles. The molecule has 1 saturated carbocycles. The van der Waals surface area contributed by atoms with Gasteiger partial charge in [-0.3, -0.25) is 4.90 Å². The number of oxime groups is 1. The van der Waals surface area contributed by atoms with Crippen LogP contribution in [0.4, 0.5) is 9.59 Å². The fourth-order valence-electron chi connectivity index (χ4n) is 10.4. The predicted octanol–water partition coefficient (Wildman–Crippen LogP) is 9.08. The molecule has 68 heavy (non-hydrogen) atoms. The number of allylic oxidation sites excluding steroid dienone is 1. The Morgan fingerprint density at radius 2 is 1.72 bits per heavy atom.